The molecule has 0 bridgehead atoms. The topological polar surface area (TPSA) is 44.3 Å². The van der Waals surface area contributed by atoms with Gasteiger partial charge < -0.3 is 15.7 Å². The zero-order valence-electron chi connectivity index (χ0n) is 13.5. The van der Waals surface area contributed by atoms with Crippen LogP contribution >= 0.6 is 0 Å². The highest BCUT2D eigenvalue weighted by molar-refractivity contribution is 4.90. The van der Waals surface area contributed by atoms with Crippen LogP contribution in [0.25, 0.3) is 0 Å². The summed E-state index contributed by atoms with van der Waals surface area (Å²) in [7, 11) is 0. The molecule has 1 aliphatic rings. The zero-order chi connectivity index (χ0) is 14.5. The van der Waals surface area contributed by atoms with Gasteiger partial charge in [0.25, 0.3) is 0 Å². The van der Waals surface area contributed by atoms with Crippen LogP contribution in [0.5, 0.6) is 0 Å². The van der Waals surface area contributed by atoms with Gasteiger partial charge in [-0.15, -0.1) is 0 Å². The van der Waals surface area contributed by atoms with E-state index < -0.39 is 0 Å². The zero-order valence-corrected chi connectivity index (χ0v) is 13.5. The molecule has 19 heavy (non-hydrogen) atoms. The minimum Gasteiger partial charge on any atom is -0.396 e. The summed E-state index contributed by atoms with van der Waals surface area (Å²) in [5.74, 6) is 1.95. The predicted octanol–water partition coefficient (Wildman–Crippen LogP) is 2.60. The lowest BCUT2D eigenvalue weighted by Gasteiger charge is -2.45. The fourth-order valence-corrected chi connectivity index (χ4v) is 3.35. The Hall–Kier alpha value is -0.120. The van der Waals surface area contributed by atoms with Crippen molar-refractivity contribution in [2.75, 3.05) is 19.7 Å². The van der Waals surface area contributed by atoms with Gasteiger partial charge >= 0.3 is 0 Å². The summed E-state index contributed by atoms with van der Waals surface area (Å²) >= 11 is 0. The summed E-state index contributed by atoms with van der Waals surface area (Å²) in [6.45, 7) is 14.3. The van der Waals surface area contributed by atoms with E-state index in [4.69, 9.17) is 5.11 Å². The second kappa shape index (κ2) is 7.61. The van der Waals surface area contributed by atoms with E-state index >= 15 is 0 Å². The molecule has 3 heteroatoms. The van der Waals surface area contributed by atoms with Crippen molar-refractivity contribution in [2.24, 2.45) is 23.2 Å². The Labute approximate surface area is 119 Å². The van der Waals surface area contributed by atoms with E-state index in [1.807, 2.05) is 0 Å². The monoisotopic (exact) mass is 270 g/mol. The van der Waals surface area contributed by atoms with E-state index in [-0.39, 0.29) is 5.41 Å². The first kappa shape index (κ1) is 16.9. The molecule has 1 rings (SSSR count). The molecule has 3 nitrogen and oxygen atoms in total. The number of hydrogen-bond acceptors (Lipinski definition) is 3. The molecule has 0 spiro atoms. The third-order valence-corrected chi connectivity index (χ3v) is 5.22. The van der Waals surface area contributed by atoms with Crippen molar-refractivity contribution in [3.63, 3.8) is 0 Å². The van der Waals surface area contributed by atoms with Gasteiger partial charge in [-0.2, -0.15) is 0 Å². The molecule has 1 fully saturated rings. The third-order valence-electron chi connectivity index (χ3n) is 5.22. The fourth-order valence-electron chi connectivity index (χ4n) is 3.35. The quantitative estimate of drug-likeness (QED) is 0.666. The maximum atomic E-state index is 9.03. The molecule has 1 saturated heterocycles. The Kier molecular flexibility index (Phi) is 6.78. The van der Waals surface area contributed by atoms with Crippen molar-refractivity contribution >= 4 is 0 Å². The second-order valence-electron chi connectivity index (χ2n) is 7.14. The molecule has 0 aromatic heterocycles. The molecular weight excluding hydrogens is 236 g/mol. The van der Waals surface area contributed by atoms with Crippen LogP contribution in [0.4, 0.5) is 0 Å². The number of nitrogens with one attached hydrogen (secondary N) is 2. The van der Waals surface area contributed by atoms with Crippen LogP contribution in [0, 0.1) is 23.2 Å². The van der Waals surface area contributed by atoms with Gasteiger partial charge in [-0.3, -0.25) is 0 Å². The van der Waals surface area contributed by atoms with Gasteiger partial charge in [0.2, 0.25) is 0 Å². The van der Waals surface area contributed by atoms with Gasteiger partial charge in [-0.05, 0) is 55.5 Å². The maximum Gasteiger partial charge on any atom is 0.0627 e. The lowest BCUT2D eigenvalue weighted by atomic mass is 9.69. The molecule has 1 aliphatic heterocycles. The van der Waals surface area contributed by atoms with E-state index in [1.54, 1.807) is 0 Å². The first-order valence-corrected chi connectivity index (χ1v) is 7.97. The average Bonchev–Trinajstić information content (AvgIpc) is 2.39. The van der Waals surface area contributed by atoms with E-state index in [2.05, 4.69) is 45.3 Å². The lowest BCUT2D eigenvalue weighted by molar-refractivity contribution is 0.0708. The van der Waals surface area contributed by atoms with Crippen molar-refractivity contribution in [3.8, 4) is 0 Å². The van der Waals surface area contributed by atoms with Crippen LogP contribution < -0.4 is 10.6 Å². The van der Waals surface area contributed by atoms with Crippen LogP contribution in [0.15, 0.2) is 0 Å². The molecule has 0 saturated carbocycles. The van der Waals surface area contributed by atoms with Crippen molar-refractivity contribution in [3.05, 3.63) is 0 Å². The maximum absolute atomic E-state index is 9.03. The van der Waals surface area contributed by atoms with Crippen LogP contribution in [0.2, 0.25) is 0 Å². The van der Waals surface area contributed by atoms with Gasteiger partial charge in [0, 0.05) is 6.61 Å². The van der Waals surface area contributed by atoms with Crippen molar-refractivity contribution in [1.82, 2.24) is 10.6 Å². The number of aliphatic hydroxyl groups excluding tert-OH is 1. The molecule has 1 heterocycles. The van der Waals surface area contributed by atoms with Crippen molar-refractivity contribution in [2.45, 2.75) is 60.0 Å². The van der Waals surface area contributed by atoms with Gasteiger partial charge in [0.15, 0.2) is 0 Å². The minimum absolute atomic E-state index is 0.249. The summed E-state index contributed by atoms with van der Waals surface area (Å²) in [5.41, 5.74) is 0.249. The summed E-state index contributed by atoms with van der Waals surface area (Å²) < 4.78 is 0. The van der Waals surface area contributed by atoms with Crippen molar-refractivity contribution < 1.29 is 5.11 Å². The molecule has 0 radical (unpaired) electrons. The first-order valence-electron chi connectivity index (χ1n) is 7.97. The Morgan fingerprint density at radius 1 is 1.16 bits per heavy atom. The largest absolute Gasteiger partial charge is 0.396 e. The van der Waals surface area contributed by atoms with Crippen molar-refractivity contribution in [1.29, 1.82) is 0 Å². The number of aliphatic hydroxyl groups is 1. The molecule has 0 amide bonds. The number of hydrogen-bond donors (Lipinski definition) is 3. The van der Waals surface area contributed by atoms with Crippen LogP contribution in [-0.4, -0.2) is 31.0 Å². The highest BCUT2D eigenvalue weighted by Crippen LogP contribution is 2.38. The Bertz CT molecular complexity index is 249. The van der Waals surface area contributed by atoms with Gasteiger partial charge in [0.05, 0.1) is 6.17 Å². The second-order valence-corrected chi connectivity index (χ2v) is 7.14. The van der Waals surface area contributed by atoms with Gasteiger partial charge in [-0.25, -0.2) is 0 Å². The van der Waals surface area contributed by atoms with E-state index in [1.165, 1.54) is 12.8 Å². The molecule has 3 atom stereocenters. The fraction of sp³-hybridized carbons (Fsp3) is 1.00. The van der Waals surface area contributed by atoms with Gasteiger partial charge in [0.1, 0.15) is 0 Å². The standard InChI is InChI=1S/C16H34N2O/c1-12(7-10-19)11-13(2)14(3)16(4,5)15-17-8-6-9-18-15/h12-15,17-19H,6-11H2,1-5H3/t12-,13?,14+/m0/s1. The SMILES string of the molecule is CC(C[C@@H](C)CCO)[C@@H](C)C(C)(C)C1NCCCN1. The summed E-state index contributed by atoms with van der Waals surface area (Å²) in [6, 6.07) is 0. The molecule has 0 aromatic rings. The van der Waals surface area contributed by atoms with Crippen LogP contribution in [0.1, 0.15) is 53.9 Å². The highest BCUT2D eigenvalue weighted by atomic mass is 16.3. The average molecular weight is 270 g/mol. The van der Waals surface area contributed by atoms with Crippen LogP contribution in [0.3, 0.4) is 0 Å². The minimum atomic E-state index is 0.249. The molecular formula is C16H34N2O. The molecule has 3 N–H and O–H groups in total. The Morgan fingerprint density at radius 2 is 1.74 bits per heavy atom. The van der Waals surface area contributed by atoms with E-state index in [9.17, 15) is 0 Å². The summed E-state index contributed by atoms with van der Waals surface area (Å²) in [4.78, 5) is 0. The predicted molar refractivity (Wildman–Crippen MR) is 82.0 cm³/mol. The molecule has 0 aromatic carbocycles. The highest BCUT2D eigenvalue weighted by Gasteiger charge is 2.37. The van der Waals surface area contributed by atoms with E-state index in [0.29, 0.717) is 30.5 Å². The summed E-state index contributed by atoms with van der Waals surface area (Å²) in [6.07, 6.45) is 3.78. The Balaban J connectivity index is 2.55. The first-order chi connectivity index (χ1) is 8.89. The molecule has 0 aliphatic carbocycles. The molecule has 114 valence electrons. The summed E-state index contributed by atoms with van der Waals surface area (Å²) in [5, 5.41) is 16.3. The van der Waals surface area contributed by atoms with Gasteiger partial charge in [-0.1, -0.05) is 34.6 Å². The normalized spacial score (nSPS) is 23.1. The smallest absolute Gasteiger partial charge is 0.0627 e. The molecule has 1 unspecified atom stereocenters. The van der Waals surface area contributed by atoms with E-state index in [0.717, 1.165) is 19.5 Å². The lowest BCUT2D eigenvalue weighted by Crippen LogP contribution is -2.58. The van der Waals surface area contributed by atoms with Crippen LogP contribution in [-0.2, 0) is 0 Å². The Morgan fingerprint density at radius 3 is 2.26 bits per heavy atom. The third kappa shape index (κ3) is 4.73. The number of rotatable bonds is 7.